The number of rotatable bonds is 5. The number of pyridine rings is 2. The lowest BCUT2D eigenvalue weighted by molar-refractivity contribution is 0.470. The predicted molar refractivity (Wildman–Crippen MR) is 78.4 cm³/mol. The van der Waals surface area contributed by atoms with Gasteiger partial charge in [-0.25, -0.2) is 0 Å². The molecule has 0 bridgehead atoms. The first-order valence-electron chi connectivity index (χ1n) is 6.31. The van der Waals surface area contributed by atoms with E-state index in [2.05, 4.69) is 9.97 Å². The first-order valence-corrected chi connectivity index (χ1v) is 6.31. The number of hydrogen-bond acceptors (Lipinski definition) is 4. The first kappa shape index (κ1) is 13.8. The molecule has 0 amide bonds. The van der Waals surface area contributed by atoms with E-state index in [1.54, 1.807) is 36.9 Å². The molecule has 0 aliphatic heterocycles. The van der Waals surface area contributed by atoms with E-state index in [0.717, 1.165) is 34.8 Å². The van der Waals surface area contributed by atoms with Gasteiger partial charge in [-0.2, -0.15) is 0 Å². The summed E-state index contributed by atoms with van der Waals surface area (Å²) in [5.74, 6) is 0. The lowest BCUT2D eigenvalue weighted by atomic mass is 9.95. The monoisotopic (exact) mass is 268 g/mol. The van der Waals surface area contributed by atoms with Gasteiger partial charge in [0.25, 0.3) is 0 Å². The molecule has 102 valence electrons. The van der Waals surface area contributed by atoms with Crippen molar-refractivity contribution in [1.29, 1.82) is 0 Å². The number of allylic oxidation sites excluding steroid dienone is 2. The molecule has 2 N–H and O–H groups in total. The molecule has 0 aliphatic rings. The quantitative estimate of drug-likeness (QED) is 0.816. The normalized spacial score (nSPS) is 11.4. The highest BCUT2D eigenvalue weighted by Gasteiger charge is 2.09. The Morgan fingerprint density at radius 2 is 1.75 bits per heavy atom. The Hall–Kier alpha value is -2.62. The maximum atomic E-state index is 8.89. The van der Waals surface area contributed by atoms with E-state index in [1.165, 1.54) is 0 Å². The van der Waals surface area contributed by atoms with Gasteiger partial charge in [0.1, 0.15) is 0 Å². The van der Waals surface area contributed by atoms with Crippen LogP contribution in [0.3, 0.4) is 0 Å². The van der Waals surface area contributed by atoms with Gasteiger partial charge >= 0.3 is 0 Å². The summed E-state index contributed by atoms with van der Waals surface area (Å²) >= 11 is 0. The minimum atomic E-state index is 0.589. The molecule has 0 unspecified atom stereocenters. The highest BCUT2D eigenvalue weighted by molar-refractivity contribution is 5.67. The molecular weight excluding hydrogens is 252 g/mol. The maximum Gasteiger partial charge on any atom is 0.0755 e. The Morgan fingerprint density at radius 1 is 0.950 bits per heavy atom. The van der Waals surface area contributed by atoms with Gasteiger partial charge in [-0.15, -0.1) is 0 Å². The van der Waals surface area contributed by atoms with Crippen molar-refractivity contribution in [2.24, 2.45) is 0 Å². The van der Waals surface area contributed by atoms with Gasteiger partial charge in [0.2, 0.25) is 0 Å². The second-order valence-corrected chi connectivity index (χ2v) is 4.24. The van der Waals surface area contributed by atoms with Gasteiger partial charge in [0.15, 0.2) is 0 Å². The molecule has 0 radical (unpaired) electrons. The van der Waals surface area contributed by atoms with Crippen molar-refractivity contribution >= 4 is 0 Å². The van der Waals surface area contributed by atoms with E-state index < -0.39 is 0 Å². The molecule has 2 aromatic heterocycles. The summed E-state index contributed by atoms with van der Waals surface area (Å²) < 4.78 is 0. The fraction of sp³-hybridized carbons (Fsp3) is 0.125. The van der Waals surface area contributed by atoms with Crippen LogP contribution < -0.4 is 0 Å². The number of aliphatic hydroxyl groups excluding tert-OH is 2. The highest BCUT2D eigenvalue weighted by atomic mass is 16.2. The largest absolute Gasteiger partial charge is 0.516 e. The zero-order chi connectivity index (χ0) is 14.2. The molecule has 4 nitrogen and oxygen atoms in total. The van der Waals surface area contributed by atoms with Crippen LogP contribution in [0.25, 0.3) is 11.1 Å². The first-order chi connectivity index (χ1) is 9.86. The predicted octanol–water partition coefficient (Wildman–Crippen LogP) is 3.37. The van der Waals surface area contributed by atoms with E-state index in [0.29, 0.717) is 12.8 Å². The van der Waals surface area contributed by atoms with Crippen LogP contribution in [0, 0.1) is 0 Å². The van der Waals surface area contributed by atoms with Crippen molar-refractivity contribution in [3.8, 4) is 11.1 Å². The van der Waals surface area contributed by atoms with Crippen LogP contribution in [-0.2, 0) is 12.8 Å². The molecule has 0 aliphatic carbocycles. The fourth-order valence-corrected chi connectivity index (χ4v) is 2.07. The Labute approximate surface area is 117 Å². The van der Waals surface area contributed by atoms with Crippen LogP contribution in [0.4, 0.5) is 0 Å². The topological polar surface area (TPSA) is 66.2 Å². The zero-order valence-corrected chi connectivity index (χ0v) is 11.0. The Balaban J connectivity index is 2.49. The molecule has 0 saturated carbocycles. The summed E-state index contributed by atoms with van der Waals surface area (Å²) in [5, 5.41) is 17.7. The van der Waals surface area contributed by atoms with E-state index >= 15 is 0 Å². The van der Waals surface area contributed by atoms with Crippen molar-refractivity contribution in [1.82, 2.24) is 9.97 Å². The average Bonchev–Trinajstić information content (AvgIpc) is 2.52. The van der Waals surface area contributed by atoms with Crippen LogP contribution >= 0.6 is 0 Å². The van der Waals surface area contributed by atoms with Crippen molar-refractivity contribution in [2.75, 3.05) is 0 Å². The highest BCUT2D eigenvalue weighted by Crippen LogP contribution is 2.26. The molecule has 0 spiro atoms. The van der Waals surface area contributed by atoms with Gasteiger partial charge in [0.05, 0.1) is 12.5 Å². The number of hydrogen-bond donors (Lipinski definition) is 2. The maximum absolute atomic E-state index is 8.89. The minimum absolute atomic E-state index is 0.589. The molecule has 2 rings (SSSR count). The van der Waals surface area contributed by atoms with Gasteiger partial charge < -0.3 is 10.2 Å². The third-order valence-corrected chi connectivity index (χ3v) is 2.99. The molecule has 2 heterocycles. The lowest BCUT2D eigenvalue weighted by Gasteiger charge is -2.12. The number of aliphatic hydroxyl groups is 2. The summed E-state index contributed by atoms with van der Waals surface area (Å²) in [7, 11) is 0. The van der Waals surface area contributed by atoms with Crippen molar-refractivity contribution in [3.63, 3.8) is 0 Å². The molecule has 4 heteroatoms. The molecule has 0 aromatic carbocycles. The minimum Gasteiger partial charge on any atom is -0.516 e. The Bertz CT molecular complexity index is 607. The second-order valence-electron chi connectivity index (χ2n) is 4.24. The molecule has 0 saturated heterocycles. The average molecular weight is 268 g/mol. The smallest absolute Gasteiger partial charge is 0.0755 e. The van der Waals surface area contributed by atoms with Gasteiger partial charge in [-0.3, -0.25) is 9.97 Å². The summed E-state index contributed by atoms with van der Waals surface area (Å²) in [6, 6.07) is 3.85. The van der Waals surface area contributed by atoms with Crippen LogP contribution in [0.5, 0.6) is 0 Å². The van der Waals surface area contributed by atoms with E-state index in [4.69, 9.17) is 10.2 Å². The standard InChI is InChI=1S/C16H16N2O2/c19-8-2-5-13-11-18-12-16(15(13)6-3-9-20)14-4-1-7-17-10-14/h1-4,7-12,19-20H,5-6H2. The van der Waals surface area contributed by atoms with Gasteiger partial charge in [-0.1, -0.05) is 6.07 Å². The van der Waals surface area contributed by atoms with Crippen LogP contribution in [0.1, 0.15) is 11.1 Å². The van der Waals surface area contributed by atoms with E-state index in [1.807, 2.05) is 12.1 Å². The number of nitrogens with zero attached hydrogens (tertiary/aromatic N) is 2. The fourth-order valence-electron chi connectivity index (χ4n) is 2.07. The zero-order valence-electron chi connectivity index (χ0n) is 11.0. The van der Waals surface area contributed by atoms with Crippen molar-refractivity contribution in [3.05, 3.63) is 72.7 Å². The van der Waals surface area contributed by atoms with Gasteiger partial charge in [-0.05, 0) is 42.2 Å². The Kier molecular flexibility index (Phi) is 4.89. The van der Waals surface area contributed by atoms with E-state index in [-0.39, 0.29) is 0 Å². The summed E-state index contributed by atoms with van der Waals surface area (Å²) in [6.45, 7) is 0. The summed E-state index contributed by atoms with van der Waals surface area (Å²) in [4.78, 5) is 8.38. The van der Waals surface area contributed by atoms with Crippen LogP contribution in [-0.4, -0.2) is 20.2 Å². The van der Waals surface area contributed by atoms with Crippen molar-refractivity contribution < 1.29 is 10.2 Å². The van der Waals surface area contributed by atoms with Crippen LogP contribution in [0.2, 0.25) is 0 Å². The number of aromatic nitrogens is 2. The lowest BCUT2D eigenvalue weighted by Crippen LogP contribution is -1.98. The molecule has 2 aromatic rings. The SMILES string of the molecule is OC=CCc1cncc(-c2cccnc2)c1CC=CO. The van der Waals surface area contributed by atoms with Gasteiger partial charge in [0, 0.05) is 35.9 Å². The van der Waals surface area contributed by atoms with Crippen molar-refractivity contribution in [2.45, 2.75) is 12.8 Å². The van der Waals surface area contributed by atoms with Crippen LogP contribution in [0.15, 0.2) is 61.6 Å². The molecule has 0 fully saturated rings. The Morgan fingerprint density at radius 3 is 2.45 bits per heavy atom. The molecule has 0 atom stereocenters. The molecule has 20 heavy (non-hydrogen) atoms. The third kappa shape index (κ3) is 3.23. The van der Waals surface area contributed by atoms with E-state index in [9.17, 15) is 0 Å². The third-order valence-electron chi connectivity index (χ3n) is 2.99. The second kappa shape index (κ2) is 7.09. The summed E-state index contributed by atoms with van der Waals surface area (Å²) in [6.07, 6.45) is 13.7. The molecular formula is C16H16N2O2. The summed E-state index contributed by atoms with van der Waals surface area (Å²) in [5.41, 5.74) is 4.04.